The van der Waals surface area contributed by atoms with Crippen LogP contribution in [0.5, 0.6) is 0 Å². The standard InChI is InChI=1S/C21H22N4O4/c1-14-19(27)24(21(29)25(14)16-7-3-2-4-8-16)13-18(26)15-11-17(22-12-15)20(28)23-9-5-6-10-23/h2-4,7-8,11-12,14,22H,5-6,9-10,13H2,1H3/t14-/m0/s1. The number of benzene rings is 1. The Balaban J connectivity index is 1.48. The van der Waals surface area contributed by atoms with E-state index < -0.39 is 23.8 Å². The molecular weight excluding hydrogens is 372 g/mol. The van der Waals surface area contributed by atoms with E-state index in [-0.39, 0.29) is 18.0 Å². The van der Waals surface area contributed by atoms with Crippen LogP contribution in [0.3, 0.4) is 0 Å². The zero-order valence-corrected chi connectivity index (χ0v) is 16.1. The zero-order chi connectivity index (χ0) is 20.5. The summed E-state index contributed by atoms with van der Waals surface area (Å²) in [7, 11) is 0. The third-order valence-corrected chi connectivity index (χ3v) is 5.41. The molecule has 3 heterocycles. The van der Waals surface area contributed by atoms with Gasteiger partial charge in [0.05, 0.1) is 6.54 Å². The third-order valence-electron chi connectivity index (χ3n) is 5.41. The Labute approximate surface area is 168 Å². The van der Waals surface area contributed by atoms with Gasteiger partial charge in [0.2, 0.25) is 0 Å². The van der Waals surface area contributed by atoms with Crippen LogP contribution in [0.25, 0.3) is 0 Å². The van der Waals surface area contributed by atoms with Crippen LogP contribution in [-0.4, -0.2) is 64.1 Å². The van der Waals surface area contributed by atoms with Gasteiger partial charge in [0.1, 0.15) is 11.7 Å². The fourth-order valence-electron chi connectivity index (χ4n) is 3.80. The summed E-state index contributed by atoms with van der Waals surface area (Å²) in [5.74, 6) is -0.958. The molecular formula is C21H22N4O4. The maximum Gasteiger partial charge on any atom is 0.332 e. The number of carbonyl (C=O) groups is 4. The Hall–Kier alpha value is -3.42. The molecule has 0 radical (unpaired) electrons. The average Bonchev–Trinajstić information content (AvgIpc) is 3.47. The number of aromatic nitrogens is 1. The largest absolute Gasteiger partial charge is 0.356 e. The lowest BCUT2D eigenvalue weighted by atomic mass is 10.2. The van der Waals surface area contributed by atoms with E-state index in [1.165, 1.54) is 17.2 Å². The highest BCUT2D eigenvalue weighted by molar-refractivity contribution is 6.16. The first kappa shape index (κ1) is 18.9. The lowest BCUT2D eigenvalue weighted by Crippen LogP contribution is -2.37. The van der Waals surface area contributed by atoms with Gasteiger partial charge < -0.3 is 9.88 Å². The van der Waals surface area contributed by atoms with Crippen LogP contribution in [0.2, 0.25) is 0 Å². The first-order valence-electron chi connectivity index (χ1n) is 9.68. The minimum absolute atomic E-state index is 0.140. The molecule has 4 amide bonds. The molecule has 2 saturated heterocycles. The molecule has 0 bridgehead atoms. The maximum atomic E-state index is 12.8. The summed E-state index contributed by atoms with van der Waals surface area (Å²) in [6.45, 7) is 2.71. The van der Waals surface area contributed by atoms with Crippen LogP contribution in [0.15, 0.2) is 42.6 Å². The number of urea groups is 1. The summed E-state index contributed by atoms with van der Waals surface area (Å²) in [5, 5.41) is 0. The predicted molar refractivity (Wildman–Crippen MR) is 106 cm³/mol. The number of nitrogens with zero attached hydrogens (tertiary/aromatic N) is 3. The molecule has 150 valence electrons. The number of para-hydroxylation sites is 1. The zero-order valence-electron chi connectivity index (χ0n) is 16.1. The van der Waals surface area contributed by atoms with E-state index in [1.807, 2.05) is 6.07 Å². The van der Waals surface area contributed by atoms with Crippen molar-refractivity contribution in [2.75, 3.05) is 24.5 Å². The molecule has 8 heteroatoms. The van der Waals surface area contributed by atoms with Crippen molar-refractivity contribution in [3.63, 3.8) is 0 Å². The van der Waals surface area contributed by atoms with Gasteiger partial charge in [-0.2, -0.15) is 0 Å². The van der Waals surface area contributed by atoms with E-state index in [4.69, 9.17) is 0 Å². The molecule has 0 aliphatic carbocycles. The normalized spacial score (nSPS) is 19.3. The average molecular weight is 394 g/mol. The second-order valence-corrected chi connectivity index (χ2v) is 7.31. The number of amides is 4. The van der Waals surface area contributed by atoms with Crippen molar-refractivity contribution in [3.05, 3.63) is 53.9 Å². The van der Waals surface area contributed by atoms with Crippen LogP contribution in [-0.2, 0) is 4.79 Å². The number of likely N-dealkylation sites (tertiary alicyclic amines) is 1. The molecule has 2 fully saturated rings. The molecule has 1 aromatic carbocycles. The predicted octanol–water partition coefficient (Wildman–Crippen LogP) is 2.29. The number of anilines is 1. The van der Waals surface area contributed by atoms with Crippen molar-refractivity contribution in [2.45, 2.75) is 25.8 Å². The van der Waals surface area contributed by atoms with Gasteiger partial charge in [0.25, 0.3) is 11.8 Å². The molecule has 4 rings (SSSR count). The monoisotopic (exact) mass is 394 g/mol. The van der Waals surface area contributed by atoms with Crippen LogP contribution in [0.1, 0.15) is 40.6 Å². The van der Waals surface area contributed by atoms with Crippen molar-refractivity contribution < 1.29 is 19.2 Å². The molecule has 1 N–H and O–H groups in total. The Morgan fingerprint density at radius 2 is 1.79 bits per heavy atom. The van der Waals surface area contributed by atoms with Crippen LogP contribution >= 0.6 is 0 Å². The topological polar surface area (TPSA) is 93.8 Å². The summed E-state index contributed by atoms with van der Waals surface area (Å²) in [6.07, 6.45) is 3.41. The summed E-state index contributed by atoms with van der Waals surface area (Å²) in [5.41, 5.74) is 1.22. The van der Waals surface area contributed by atoms with E-state index in [1.54, 1.807) is 36.1 Å². The van der Waals surface area contributed by atoms with Crippen molar-refractivity contribution in [1.29, 1.82) is 0 Å². The van der Waals surface area contributed by atoms with Crippen molar-refractivity contribution in [1.82, 2.24) is 14.8 Å². The van der Waals surface area contributed by atoms with Crippen LogP contribution in [0, 0.1) is 0 Å². The minimum Gasteiger partial charge on any atom is -0.356 e. The van der Waals surface area contributed by atoms with Gasteiger partial charge >= 0.3 is 6.03 Å². The van der Waals surface area contributed by atoms with Gasteiger partial charge in [-0.3, -0.25) is 24.2 Å². The van der Waals surface area contributed by atoms with Crippen LogP contribution in [0.4, 0.5) is 10.5 Å². The lowest BCUT2D eigenvalue weighted by Gasteiger charge is -2.19. The number of rotatable bonds is 5. The lowest BCUT2D eigenvalue weighted by molar-refractivity contribution is -0.126. The number of ketones is 1. The van der Waals surface area contributed by atoms with Gasteiger partial charge in [-0.25, -0.2) is 4.79 Å². The van der Waals surface area contributed by atoms with Gasteiger partial charge in [-0.05, 0) is 38.0 Å². The molecule has 2 aliphatic rings. The Bertz CT molecular complexity index is 962. The summed E-state index contributed by atoms with van der Waals surface area (Å²) >= 11 is 0. The van der Waals surface area contributed by atoms with Crippen molar-refractivity contribution >= 4 is 29.3 Å². The molecule has 0 saturated carbocycles. The second kappa shape index (κ2) is 7.54. The van der Waals surface area contributed by atoms with E-state index >= 15 is 0 Å². The van der Waals surface area contributed by atoms with Gasteiger partial charge in [0, 0.05) is 30.5 Å². The molecule has 1 atom stereocenters. The van der Waals surface area contributed by atoms with Crippen molar-refractivity contribution in [3.8, 4) is 0 Å². The minimum atomic E-state index is -0.684. The highest BCUT2D eigenvalue weighted by Gasteiger charge is 2.44. The third kappa shape index (κ3) is 3.41. The SMILES string of the molecule is C[C@H]1C(=O)N(CC(=O)c2c[nH]c(C(=O)N3CCCC3)c2)C(=O)N1c1ccccc1. The first-order chi connectivity index (χ1) is 14.0. The number of carbonyl (C=O) groups excluding carboxylic acids is 4. The number of H-pyrrole nitrogens is 1. The molecule has 0 unspecified atom stereocenters. The number of Topliss-reactive ketones (excluding diaryl/α,β-unsaturated/α-hetero) is 1. The summed E-state index contributed by atoms with van der Waals surface area (Å²) < 4.78 is 0. The quantitative estimate of drug-likeness (QED) is 0.622. The molecule has 2 aromatic rings. The van der Waals surface area contributed by atoms with Gasteiger partial charge in [-0.15, -0.1) is 0 Å². The van der Waals surface area contributed by atoms with Crippen LogP contribution < -0.4 is 4.90 Å². The molecule has 2 aliphatic heterocycles. The van der Waals surface area contributed by atoms with Gasteiger partial charge in [-0.1, -0.05) is 18.2 Å². The number of imide groups is 1. The Kier molecular flexibility index (Phi) is 4.92. The summed E-state index contributed by atoms with van der Waals surface area (Å²) in [4.78, 5) is 57.4. The van der Waals surface area contributed by atoms with E-state index in [2.05, 4.69) is 4.98 Å². The van der Waals surface area contributed by atoms with E-state index in [0.29, 0.717) is 24.5 Å². The highest BCUT2D eigenvalue weighted by Crippen LogP contribution is 2.25. The fraction of sp³-hybridized carbons (Fsp3) is 0.333. The number of hydrogen-bond donors (Lipinski definition) is 1. The molecule has 8 nitrogen and oxygen atoms in total. The Morgan fingerprint density at radius 1 is 1.10 bits per heavy atom. The number of hydrogen-bond acceptors (Lipinski definition) is 4. The molecule has 29 heavy (non-hydrogen) atoms. The second-order valence-electron chi connectivity index (χ2n) is 7.31. The van der Waals surface area contributed by atoms with Crippen molar-refractivity contribution in [2.24, 2.45) is 0 Å². The Morgan fingerprint density at radius 3 is 2.48 bits per heavy atom. The fourth-order valence-corrected chi connectivity index (χ4v) is 3.80. The smallest absolute Gasteiger partial charge is 0.332 e. The van der Waals surface area contributed by atoms with E-state index in [0.717, 1.165) is 17.7 Å². The molecule has 1 aromatic heterocycles. The van der Waals surface area contributed by atoms with Gasteiger partial charge in [0.15, 0.2) is 5.78 Å². The summed E-state index contributed by atoms with van der Waals surface area (Å²) in [6, 6.07) is 9.17. The number of aromatic amines is 1. The molecule has 0 spiro atoms. The number of nitrogens with one attached hydrogen (secondary N) is 1. The highest BCUT2D eigenvalue weighted by atomic mass is 16.2. The maximum absolute atomic E-state index is 12.8. The first-order valence-corrected chi connectivity index (χ1v) is 9.68. The van der Waals surface area contributed by atoms with E-state index in [9.17, 15) is 19.2 Å².